The number of nitrogens with zero attached hydrogens (tertiary/aromatic N) is 3. The van der Waals surface area contributed by atoms with Gasteiger partial charge in [0, 0.05) is 6.54 Å². The van der Waals surface area contributed by atoms with Crippen LogP contribution in [-0.2, 0) is 16.0 Å². The van der Waals surface area contributed by atoms with E-state index in [0.717, 1.165) is 29.3 Å². The quantitative estimate of drug-likeness (QED) is 0.486. The summed E-state index contributed by atoms with van der Waals surface area (Å²) in [6.45, 7) is 1.60. The normalized spacial score (nSPS) is 22.4. The molecule has 1 atom stereocenters. The van der Waals surface area contributed by atoms with Crippen molar-refractivity contribution in [2.75, 3.05) is 19.6 Å². The molecule has 2 fully saturated rings. The first-order valence-corrected chi connectivity index (χ1v) is 10.8. The van der Waals surface area contributed by atoms with Crippen LogP contribution in [0.15, 0.2) is 34.5 Å². The predicted molar refractivity (Wildman–Crippen MR) is 112 cm³/mol. The Bertz CT molecular complexity index is 867. The number of carbonyl (C=O) groups is 2. The van der Waals surface area contributed by atoms with Crippen molar-refractivity contribution in [2.45, 2.75) is 37.1 Å². The third-order valence-electron chi connectivity index (χ3n) is 5.21. The Kier molecular flexibility index (Phi) is 7.71. The van der Waals surface area contributed by atoms with E-state index in [2.05, 4.69) is 20.4 Å². The number of benzene rings is 1. The molecule has 168 valence electrons. The minimum Gasteiger partial charge on any atom is -0.481 e. The molecule has 2 aliphatic rings. The zero-order valence-electron chi connectivity index (χ0n) is 16.6. The lowest BCUT2D eigenvalue weighted by Crippen LogP contribution is -2.39. The molecule has 7 nitrogen and oxygen atoms in total. The summed E-state index contributed by atoms with van der Waals surface area (Å²) in [4.78, 5) is 24.5. The number of alkyl halides is 3. The van der Waals surface area contributed by atoms with Gasteiger partial charge in [-0.05, 0) is 43.5 Å². The number of hydrogen-bond donors (Lipinski definition) is 2. The maximum Gasteiger partial charge on any atom is 0.391 e. The average Bonchev–Trinajstić information content (AvgIpc) is 3.05. The topological polar surface area (TPSA) is 94.4 Å². The van der Waals surface area contributed by atoms with Gasteiger partial charge < -0.3 is 15.3 Å². The second-order valence-corrected chi connectivity index (χ2v) is 8.69. The number of thioether (sulfide) groups is 1. The smallest absolute Gasteiger partial charge is 0.391 e. The van der Waals surface area contributed by atoms with Crippen LogP contribution in [0, 0.1) is 5.92 Å². The van der Waals surface area contributed by atoms with Crippen molar-refractivity contribution in [2.24, 2.45) is 16.1 Å². The van der Waals surface area contributed by atoms with E-state index >= 15 is 0 Å². The number of amides is 1. The SMILES string of the molecule is O=C(O)CC1SC(=NN=Cc2cccc(CCN3CCC(C(F)(F)F)CC3)c2)NC1=O. The van der Waals surface area contributed by atoms with Crippen LogP contribution in [0.5, 0.6) is 0 Å². The average molecular weight is 456 g/mol. The molecule has 0 saturated carbocycles. The number of nitrogens with one attached hydrogen (secondary N) is 1. The van der Waals surface area contributed by atoms with Gasteiger partial charge in [0.2, 0.25) is 5.91 Å². The van der Waals surface area contributed by atoms with E-state index in [4.69, 9.17) is 5.11 Å². The van der Waals surface area contributed by atoms with E-state index < -0.39 is 29.2 Å². The minimum absolute atomic E-state index is 0.151. The Labute approximate surface area is 181 Å². The van der Waals surface area contributed by atoms with Gasteiger partial charge in [0.15, 0.2) is 5.17 Å². The number of piperidine rings is 1. The monoisotopic (exact) mass is 456 g/mol. The lowest BCUT2D eigenvalue weighted by Gasteiger charge is -2.32. The van der Waals surface area contributed by atoms with E-state index in [1.165, 1.54) is 6.21 Å². The standard InChI is InChI=1S/C20H23F3N4O3S/c21-20(22,23)15-5-8-27(9-6-15)7-4-13-2-1-3-14(10-13)12-24-26-19-25-18(30)16(31-19)11-17(28)29/h1-3,10,12,15-16H,4-9,11H2,(H,28,29)(H,25,26,30). The van der Waals surface area contributed by atoms with E-state index in [0.29, 0.717) is 19.6 Å². The van der Waals surface area contributed by atoms with Gasteiger partial charge in [0.05, 0.1) is 18.6 Å². The highest BCUT2D eigenvalue weighted by Crippen LogP contribution is 2.34. The number of carbonyl (C=O) groups excluding carboxylic acids is 1. The third-order valence-corrected chi connectivity index (χ3v) is 6.28. The van der Waals surface area contributed by atoms with Gasteiger partial charge in [0.25, 0.3) is 0 Å². The summed E-state index contributed by atoms with van der Waals surface area (Å²) in [5, 5.41) is 18.7. The van der Waals surface area contributed by atoms with Gasteiger partial charge in [-0.3, -0.25) is 9.59 Å². The maximum atomic E-state index is 12.8. The first-order valence-electron chi connectivity index (χ1n) is 9.89. The second kappa shape index (κ2) is 10.3. The number of aliphatic carboxylic acids is 1. The van der Waals surface area contributed by atoms with Crippen LogP contribution in [-0.4, -0.2) is 64.3 Å². The molecule has 11 heteroatoms. The number of halogens is 3. The van der Waals surface area contributed by atoms with Gasteiger partial charge in [-0.25, -0.2) is 0 Å². The number of rotatable bonds is 7. The highest BCUT2D eigenvalue weighted by atomic mass is 32.2. The summed E-state index contributed by atoms with van der Waals surface area (Å²) < 4.78 is 38.3. The summed E-state index contributed by atoms with van der Waals surface area (Å²) in [7, 11) is 0. The van der Waals surface area contributed by atoms with Crippen molar-refractivity contribution in [3.05, 3.63) is 35.4 Å². The van der Waals surface area contributed by atoms with E-state index in [1.807, 2.05) is 24.3 Å². The molecule has 1 amide bonds. The lowest BCUT2D eigenvalue weighted by atomic mass is 9.96. The zero-order chi connectivity index (χ0) is 22.4. The van der Waals surface area contributed by atoms with Gasteiger partial charge in [-0.2, -0.15) is 18.3 Å². The molecule has 2 N–H and O–H groups in total. The zero-order valence-corrected chi connectivity index (χ0v) is 17.5. The second-order valence-electron chi connectivity index (χ2n) is 7.50. The molecule has 0 aliphatic carbocycles. The number of amidine groups is 1. The first kappa shape index (κ1) is 23.3. The molecule has 1 aromatic carbocycles. The first-order chi connectivity index (χ1) is 14.7. The molecule has 0 spiro atoms. The molecule has 2 saturated heterocycles. The number of carboxylic acids is 1. The fourth-order valence-electron chi connectivity index (χ4n) is 3.49. The third kappa shape index (κ3) is 7.06. The van der Waals surface area contributed by atoms with Crippen LogP contribution < -0.4 is 5.32 Å². The Morgan fingerprint density at radius 2 is 2.06 bits per heavy atom. The van der Waals surface area contributed by atoms with Crippen LogP contribution in [0.4, 0.5) is 13.2 Å². The molecule has 0 aromatic heterocycles. The van der Waals surface area contributed by atoms with Crippen LogP contribution in [0.3, 0.4) is 0 Å². The van der Waals surface area contributed by atoms with E-state index in [9.17, 15) is 22.8 Å². The fraction of sp³-hybridized carbons (Fsp3) is 0.500. The summed E-state index contributed by atoms with van der Waals surface area (Å²) in [5.41, 5.74) is 1.84. The number of carboxylic acid groups (broad SMARTS) is 1. The Hall–Kier alpha value is -2.40. The summed E-state index contributed by atoms with van der Waals surface area (Å²) in [5.74, 6) is -2.64. The van der Waals surface area contributed by atoms with Crippen molar-refractivity contribution in [1.29, 1.82) is 0 Å². The van der Waals surface area contributed by atoms with Gasteiger partial charge >= 0.3 is 12.1 Å². The largest absolute Gasteiger partial charge is 0.481 e. The minimum atomic E-state index is -4.10. The summed E-state index contributed by atoms with van der Waals surface area (Å²) in [6, 6.07) is 7.60. The van der Waals surface area contributed by atoms with Crippen molar-refractivity contribution in [3.63, 3.8) is 0 Å². The number of hydrogen-bond acceptors (Lipinski definition) is 6. The van der Waals surface area contributed by atoms with Crippen molar-refractivity contribution in [3.8, 4) is 0 Å². The molecule has 1 aromatic rings. The molecule has 2 aliphatic heterocycles. The highest BCUT2D eigenvalue weighted by Gasteiger charge is 2.40. The van der Waals surface area contributed by atoms with Crippen LogP contribution in [0.25, 0.3) is 0 Å². The van der Waals surface area contributed by atoms with Gasteiger partial charge in [0.1, 0.15) is 5.25 Å². The molecular formula is C20H23F3N4O3S. The number of likely N-dealkylation sites (tertiary alicyclic amines) is 1. The van der Waals surface area contributed by atoms with E-state index in [1.54, 1.807) is 0 Å². The molecule has 3 rings (SSSR count). The highest BCUT2D eigenvalue weighted by molar-refractivity contribution is 8.15. The van der Waals surface area contributed by atoms with Crippen LogP contribution in [0.2, 0.25) is 0 Å². The summed E-state index contributed by atoms with van der Waals surface area (Å²) in [6.07, 6.45) is -1.83. The Morgan fingerprint density at radius 3 is 2.74 bits per heavy atom. The van der Waals surface area contributed by atoms with Crippen molar-refractivity contribution >= 4 is 35.0 Å². The molecular weight excluding hydrogens is 433 g/mol. The molecule has 0 radical (unpaired) electrons. The molecule has 1 unspecified atom stereocenters. The van der Waals surface area contributed by atoms with E-state index in [-0.39, 0.29) is 24.4 Å². The van der Waals surface area contributed by atoms with Crippen molar-refractivity contribution < 1.29 is 27.9 Å². The Morgan fingerprint density at radius 1 is 1.32 bits per heavy atom. The van der Waals surface area contributed by atoms with Gasteiger partial charge in [-0.1, -0.05) is 36.0 Å². The predicted octanol–water partition coefficient (Wildman–Crippen LogP) is 2.90. The van der Waals surface area contributed by atoms with Crippen LogP contribution in [0.1, 0.15) is 30.4 Å². The lowest BCUT2D eigenvalue weighted by molar-refractivity contribution is -0.185. The van der Waals surface area contributed by atoms with Gasteiger partial charge in [-0.15, -0.1) is 5.10 Å². The van der Waals surface area contributed by atoms with Crippen molar-refractivity contribution in [1.82, 2.24) is 10.2 Å². The fourth-order valence-corrected chi connectivity index (χ4v) is 4.41. The molecule has 0 bridgehead atoms. The summed E-state index contributed by atoms with van der Waals surface area (Å²) >= 11 is 1.03. The molecule has 31 heavy (non-hydrogen) atoms. The Balaban J connectivity index is 1.48. The maximum absolute atomic E-state index is 12.8. The van der Waals surface area contributed by atoms with Crippen LogP contribution >= 0.6 is 11.8 Å². The molecule has 2 heterocycles.